The maximum Gasteiger partial charge on any atom is 0.433 e. The lowest BCUT2D eigenvalue weighted by Gasteiger charge is -2.11. The summed E-state index contributed by atoms with van der Waals surface area (Å²) in [5.41, 5.74) is -0.578. The minimum atomic E-state index is -0.667. The lowest BCUT2D eigenvalue weighted by molar-refractivity contribution is 0.0859. The van der Waals surface area contributed by atoms with Crippen LogP contribution in [-0.2, 0) is 4.74 Å². The minimum absolute atomic E-state index is 0.231. The van der Waals surface area contributed by atoms with Crippen molar-refractivity contribution in [3.8, 4) is 0 Å². The van der Waals surface area contributed by atoms with E-state index in [9.17, 15) is 9.70 Å². The van der Waals surface area contributed by atoms with Gasteiger partial charge in [-0.15, -0.1) is 4.91 Å². The summed E-state index contributed by atoms with van der Waals surface area (Å²) in [6, 6.07) is 0. The first-order valence-corrected chi connectivity index (χ1v) is 2.89. The number of amides is 1. The fourth-order valence-electron chi connectivity index (χ4n) is 0.809. The van der Waals surface area contributed by atoms with Gasteiger partial charge in [0.05, 0.1) is 11.8 Å². The molecule has 0 aromatic carbocycles. The van der Waals surface area contributed by atoms with Crippen LogP contribution in [0, 0.1) is 4.91 Å². The molecule has 1 aliphatic rings. The Labute approximate surface area is 57.9 Å². The van der Waals surface area contributed by atoms with Gasteiger partial charge in [0.2, 0.25) is 0 Å². The van der Waals surface area contributed by atoms with E-state index >= 15 is 0 Å². The lowest BCUT2D eigenvalue weighted by atomic mass is 10.2. The number of nitroso groups, excluding NO2 is 1. The Morgan fingerprint density at radius 2 is 2.30 bits per heavy atom. The largest absolute Gasteiger partial charge is 0.440 e. The van der Waals surface area contributed by atoms with Crippen LogP contribution < -0.4 is 0 Å². The summed E-state index contributed by atoms with van der Waals surface area (Å²) in [5, 5.41) is 3.24. The zero-order valence-corrected chi connectivity index (χ0v) is 5.83. The lowest BCUT2D eigenvalue weighted by Crippen LogP contribution is -2.24. The van der Waals surface area contributed by atoms with Crippen molar-refractivity contribution in [2.45, 2.75) is 19.4 Å². The Kier molecular flexibility index (Phi) is 1.35. The molecule has 0 aromatic rings. The summed E-state index contributed by atoms with van der Waals surface area (Å²) >= 11 is 0. The van der Waals surface area contributed by atoms with Crippen molar-refractivity contribution in [3.63, 3.8) is 0 Å². The Bertz CT molecular complexity index is 178. The summed E-state index contributed by atoms with van der Waals surface area (Å²) in [6.07, 6.45) is -0.667. The third-order valence-corrected chi connectivity index (χ3v) is 1.20. The highest BCUT2D eigenvalue weighted by Gasteiger charge is 2.38. The van der Waals surface area contributed by atoms with Crippen molar-refractivity contribution in [3.05, 3.63) is 4.91 Å². The van der Waals surface area contributed by atoms with Crippen LogP contribution in [0.2, 0.25) is 0 Å². The third-order valence-electron chi connectivity index (χ3n) is 1.20. The van der Waals surface area contributed by atoms with Crippen molar-refractivity contribution in [1.29, 1.82) is 0 Å². The van der Waals surface area contributed by atoms with E-state index in [4.69, 9.17) is 4.74 Å². The molecule has 0 bridgehead atoms. The predicted molar refractivity (Wildman–Crippen MR) is 33.1 cm³/mol. The van der Waals surface area contributed by atoms with Crippen LogP contribution >= 0.6 is 0 Å². The van der Waals surface area contributed by atoms with Gasteiger partial charge in [-0.25, -0.2) is 4.79 Å². The number of carbonyl (C=O) groups excluding carboxylic acids is 1. The molecule has 1 amide bonds. The molecular formula is C5H8N2O3. The first kappa shape index (κ1) is 6.98. The van der Waals surface area contributed by atoms with E-state index in [0.29, 0.717) is 0 Å². The van der Waals surface area contributed by atoms with Gasteiger partial charge in [0.1, 0.15) is 5.60 Å². The summed E-state index contributed by atoms with van der Waals surface area (Å²) in [4.78, 5) is 20.5. The maximum atomic E-state index is 10.6. The molecule has 56 valence electrons. The van der Waals surface area contributed by atoms with Crippen molar-refractivity contribution in [1.82, 2.24) is 5.01 Å². The van der Waals surface area contributed by atoms with E-state index in [-0.39, 0.29) is 6.54 Å². The minimum Gasteiger partial charge on any atom is -0.440 e. The Hall–Kier alpha value is -1.13. The highest BCUT2D eigenvalue weighted by molar-refractivity contribution is 5.69. The number of nitrogens with zero attached hydrogens (tertiary/aromatic N) is 2. The third kappa shape index (κ3) is 1.07. The van der Waals surface area contributed by atoms with E-state index < -0.39 is 11.7 Å². The molecule has 0 aliphatic carbocycles. The summed E-state index contributed by atoms with van der Waals surface area (Å²) < 4.78 is 4.75. The average Bonchev–Trinajstić information content (AvgIpc) is 2.05. The second kappa shape index (κ2) is 1.93. The molecule has 0 N–H and O–H groups in total. The summed E-state index contributed by atoms with van der Waals surface area (Å²) in [7, 11) is 0. The van der Waals surface area contributed by atoms with Crippen molar-refractivity contribution < 1.29 is 9.53 Å². The maximum absolute atomic E-state index is 10.6. The molecule has 10 heavy (non-hydrogen) atoms. The number of ether oxygens (including phenoxy) is 1. The normalized spacial score (nSPS) is 22.6. The molecule has 1 saturated heterocycles. The van der Waals surface area contributed by atoms with E-state index in [1.165, 1.54) is 0 Å². The second-order valence-corrected chi connectivity index (χ2v) is 2.77. The van der Waals surface area contributed by atoms with Crippen LogP contribution in [0.5, 0.6) is 0 Å². The molecule has 0 aromatic heterocycles. The molecule has 0 atom stereocenters. The molecule has 1 rings (SSSR count). The van der Waals surface area contributed by atoms with Crippen LogP contribution in [0.3, 0.4) is 0 Å². The van der Waals surface area contributed by atoms with Gasteiger partial charge in [-0.2, -0.15) is 5.01 Å². The van der Waals surface area contributed by atoms with Gasteiger partial charge in [-0.1, -0.05) is 0 Å². The molecule has 1 aliphatic heterocycles. The first-order valence-electron chi connectivity index (χ1n) is 2.89. The molecule has 5 heteroatoms. The van der Waals surface area contributed by atoms with E-state index in [1.807, 2.05) is 0 Å². The Balaban J connectivity index is 2.70. The zero-order valence-electron chi connectivity index (χ0n) is 5.83. The molecule has 0 unspecified atom stereocenters. The molecular weight excluding hydrogens is 137 g/mol. The Morgan fingerprint density at radius 1 is 1.70 bits per heavy atom. The van der Waals surface area contributed by atoms with Gasteiger partial charge in [-0.05, 0) is 13.8 Å². The van der Waals surface area contributed by atoms with Crippen LogP contribution in [0.1, 0.15) is 13.8 Å². The number of rotatable bonds is 1. The zero-order chi connectivity index (χ0) is 7.78. The van der Waals surface area contributed by atoms with E-state index in [2.05, 4.69) is 5.29 Å². The van der Waals surface area contributed by atoms with Crippen molar-refractivity contribution in [2.24, 2.45) is 5.29 Å². The Morgan fingerprint density at radius 3 is 2.50 bits per heavy atom. The van der Waals surface area contributed by atoms with Gasteiger partial charge in [-0.3, -0.25) is 0 Å². The van der Waals surface area contributed by atoms with Gasteiger partial charge >= 0.3 is 6.09 Å². The van der Waals surface area contributed by atoms with Crippen molar-refractivity contribution in [2.75, 3.05) is 6.54 Å². The molecule has 1 fully saturated rings. The van der Waals surface area contributed by atoms with Gasteiger partial charge < -0.3 is 4.74 Å². The fourth-order valence-corrected chi connectivity index (χ4v) is 0.809. The van der Waals surface area contributed by atoms with Gasteiger partial charge in [0, 0.05) is 0 Å². The molecule has 5 nitrogen and oxygen atoms in total. The quantitative estimate of drug-likeness (QED) is 0.406. The SMILES string of the molecule is CC1(C)C[15N](N=O)C(=O)O1. The van der Waals surface area contributed by atoms with Crippen LogP contribution in [0.25, 0.3) is 0 Å². The smallest absolute Gasteiger partial charge is 0.433 e. The fraction of sp³-hybridized carbons (Fsp3) is 0.800. The van der Waals surface area contributed by atoms with Gasteiger partial charge in [0.15, 0.2) is 0 Å². The van der Waals surface area contributed by atoms with Crippen LogP contribution in [0.15, 0.2) is 5.29 Å². The number of cyclic esters (lactones) is 1. The first-order chi connectivity index (χ1) is 4.55. The van der Waals surface area contributed by atoms with E-state index in [1.54, 1.807) is 13.8 Å². The molecule has 1 heterocycles. The number of carbonyl (C=O) groups is 1. The van der Waals surface area contributed by atoms with Gasteiger partial charge in [0.25, 0.3) is 0 Å². The topological polar surface area (TPSA) is 59.0 Å². The highest BCUT2D eigenvalue weighted by atomic mass is 16.7. The molecule has 0 radical (unpaired) electrons. The van der Waals surface area contributed by atoms with E-state index in [0.717, 1.165) is 5.01 Å². The summed E-state index contributed by atoms with van der Waals surface area (Å²) in [5.74, 6) is 0. The van der Waals surface area contributed by atoms with Crippen LogP contribution in [-0.4, -0.2) is 23.2 Å². The van der Waals surface area contributed by atoms with Crippen molar-refractivity contribution >= 4 is 6.09 Å². The molecule has 0 saturated carbocycles. The monoisotopic (exact) mass is 145 g/mol. The summed E-state index contributed by atoms with van der Waals surface area (Å²) in [6.45, 7) is 3.67. The standard InChI is InChI=1S/C5H8N2O3/c1-5(2)3-7(6-9)4(8)10-5/h3H2,1-2H3/i7+1. The number of hydrogen-bond acceptors (Lipinski definition) is 4. The highest BCUT2D eigenvalue weighted by Crippen LogP contribution is 2.20. The molecule has 0 spiro atoms. The second-order valence-electron chi connectivity index (χ2n) is 2.77. The number of hydrogen-bond donors (Lipinski definition) is 0. The predicted octanol–water partition coefficient (Wildman–Crippen LogP) is 0.899. The average molecular weight is 145 g/mol. The van der Waals surface area contributed by atoms with Crippen LogP contribution in [0.4, 0.5) is 4.79 Å².